The fourth-order valence-electron chi connectivity index (χ4n) is 3.86. The molecule has 0 saturated heterocycles. The van der Waals surface area contributed by atoms with Crippen LogP contribution in [0, 0.1) is 24.2 Å². The standard InChI is InChI=1S/C24H20ClF2N7/c1-14-8-20(24(26)27)34(31-14)21-10-18(29-13-30-21)9-19-22(25)23(32-33(19)12-16-2-3-16)17-6-4-15(11-28)5-7-17/h4-8,10,13,16,24H,2-3,9,12H2,1H3. The van der Waals surface area contributed by atoms with Crippen molar-refractivity contribution in [2.24, 2.45) is 5.92 Å². The Bertz CT molecular complexity index is 1380. The summed E-state index contributed by atoms with van der Waals surface area (Å²) in [5.74, 6) is 0.829. The molecule has 34 heavy (non-hydrogen) atoms. The summed E-state index contributed by atoms with van der Waals surface area (Å²) >= 11 is 6.81. The van der Waals surface area contributed by atoms with Gasteiger partial charge in [-0.2, -0.15) is 15.5 Å². The van der Waals surface area contributed by atoms with Gasteiger partial charge in [-0.3, -0.25) is 4.68 Å². The third-order valence-corrected chi connectivity index (χ3v) is 6.16. The van der Waals surface area contributed by atoms with Crippen molar-refractivity contribution in [2.75, 3.05) is 0 Å². The maximum atomic E-state index is 13.5. The van der Waals surface area contributed by atoms with Gasteiger partial charge in [-0.25, -0.2) is 23.4 Å². The van der Waals surface area contributed by atoms with E-state index < -0.39 is 6.43 Å². The van der Waals surface area contributed by atoms with Crippen LogP contribution in [0.1, 0.15) is 47.6 Å². The van der Waals surface area contributed by atoms with Crippen LogP contribution in [0.25, 0.3) is 17.1 Å². The average Bonchev–Trinajstić information content (AvgIpc) is 3.49. The lowest BCUT2D eigenvalue weighted by Gasteiger charge is -2.09. The van der Waals surface area contributed by atoms with Gasteiger partial charge in [-0.05, 0) is 43.9 Å². The molecule has 0 bridgehead atoms. The van der Waals surface area contributed by atoms with Crippen LogP contribution in [0.4, 0.5) is 8.78 Å². The molecule has 1 saturated carbocycles. The van der Waals surface area contributed by atoms with Crippen LogP contribution >= 0.6 is 11.6 Å². The molecule has 7 nitrogen and oxygen atoms in total. The molecule has 1 aliphatic rings. The molecule has 0 atom stereocenters. The van der Waals surface area contributed by atoms with E-state index in [4.69, 9.17) is 22.0 Å². The Labute approximate surface area is 199 Å². The van der Waals surface area contributed by atoms with Crippen LogP contribution in [0.15, 0.2) is 42.7 Å². The average molecular weight is 480 g/mol. The van der Waals surface area contributed by atoms with Crippen molar-refractivity contribution in [1.29, 1.82) is 5.26 Å². The second kappa shape index (κ2) is 8.95. The van der Waals surface area contributed by atoms with Gasteiger partial charge in [0.25, 0.3) is 6.43 Å². The van der Waals surface area contributed by atoms with E-state index in [2.05, 4.69) is 21.1 Å². The Morgan fingerprint density at radius 3 is 2.59 bits per heavy atom. The van der Waals surface area contributed by atoms with E-state index in [1.807, 2.05) is 16.8 Å². The van der Waals surface area contributed by atoms with Gasteiger partial charge >= 0.3 is 0 Å². The SMILES string of the molecule is Cc1cc(C(F)F)n(-c2cc(Cc3c(Cl)c(-c4ccc(C#N)cc4)nn3CC3CC3)ncn2)n1. The predicted molar refractivity (Wildman–Crippen MR) is 122 cm³/mol. The molecule has 0 amide bonds. The van der Waals surface area contributed by atoms with E-state index in [0.29, 0.717) is 40.0 Å². The van der Waals surface area contributed by atoms with Crippen molar-refractivity contribution >= 4 is 11.6 Å². The number of benzene rings is 1. The number of aryl methyl sites for hydroxylation is 1. The number of hydrogen-bond acceptors (Lipinski definition) is 5. The first-order valence-corrected chi connectivity index (χ1v) is 11.2. The minimum Gasteiger partial charge on any atom is -0.267 e. The first-order chi connectivity index (χ1) is 16.4. The third-order valence-electron chi connectivity index (χ3n) is 5.77. The molecular formula is C24H20ClF2N7. The predicted octanol–water partition coefficient (Wildman–Crippen LogP) is 5.30. The van der Waals surface area contributed by atoms with Crippen LogP contribution in [-0.4, -0.2) is 29.5 Å². The topological polar surface area (TPSA) is 85.2 Å². The van der Waals surface area contributed by atoms with E-state index >= 15 is 0 Å². The zero-order chi connectivity index (χ0) is 23.8. The minimum atomic E-state index is -2.68. The zero-order valence-corrected chi connectivity index (χ0v) is 19.0. The number of alkyl halides is 2. The molecule has 172 valence electrons. The monoisotopic (exact) mass is 479 g/mol. The number of rotatable bonds is 7. The van der Waals surface area contributed by atoms with Gasteiger partial charge in [-0.15, -0.1) is 0 Å². The van der Waals surface area contributed by atoms with Crippen LogP contribution < -0.4 is 0 Å². The number of hydrogen-bond donors (Lipinski definition) is 0. The molecule has 5 rings (SSSR count). The molecule has 10 heteroatoms. The zero-order valence-electron chi connectivity index (χ0n) is 18.3. The van der Waals surface area contributed by atoms with E-state index in [1.165, 1.54) is 12.4 Å². The van der Waals surface area contributed by atoms with E-state index in [0.717, 1.165) is 35.3 Å². The van der Waals surface area contributed by atoms with Gasteiger partial charge in [0.15, 0.2) is 5.82 Å². The number of nitriles is 1. The molecule has 4 aromatic rings. The Balaban J connectivity index is 1.51. The highest BCUT2D eigenvalue weighted by Crippen LogP contribution is 2.36. The van der Waals surface area contributed by atoms with Crippen molar-refractivity contribution < 1.29 is 8.78 Å². The molecule has 3 heterocycles. The van der Waals surface area contributed by atoms with Crippen molar-refractivity contribution in [1.82, 2.24) is 29.5 Å². The lowest BCUT2D eigenvalue weighted by Crippen LogP contribution is -2.10. The summed E-state index contributed by atoms with van der Waals surface area (Å²) in [5, 5.41) is 18.5. The molecule has 1 fully saturated rings. The van der Waals surface area contributed by atoms with Gasteiger partial charge in [-0.1, -0.05) is 23.7 Å². The smallest absolute Gasteiger partial charge is 0.267 e. The van der Waals surface area contributed by atoms with Crippen LogP contribution in [-0.2, 0) is 13.0 Å². The molecule has 0 spiro atoms. The van der Waals surface area contributed by atoms with E-state index in [-0.39, 0.29) is 11.5 Å². The largest absolute Gasteiger partial charge is 0.280 e. The van der Waals surface area contributed by atoms with Crippen LogP contribution in [0.2, 0.25) is 5.02 Å². The Hall–Kier alpha value is -3.64. The second-order valence-electron chi connectivity index (χ2n) is 8.39. The molecule has 0 unspecified atom stereocenters. The highest BCUT2D eigenvalue weighted by atomic mass is 35.5. The summed E-state index contributed by atoms with van der Waals surface area (Å²) < 4.78 is 30.0. The van der Waals surface area contributed by atoms with Gasteiger partial charge < -0.3 is 0 Å². The summed E-state index contributed by atoms with van der Waals surface area (Å²) in [4.78, 5) is 8.50. The molecule has 3 aromatic heterocycles. The van der Waals surface area contributed by atoms with E-state index in [9.17, 15) is 8.78 Å². The highest BCUT2D eigenvalue weighted by molar-refractivity contribution is 6.33. The molecule has 1 aromatic carbocycles. The lowest BCUT2D eigenvalue weighted by atomic mass is 10.1. The minimum absolute atomic E-state index is 0.220. The fourth-order valence-corrected chi connectivity index (χ4v) is 4.17. The summed E-state index contributed by atoms with van der Waals surface area (Å²) in [6.45, 7) is 2.41. The van der Waals surface area contributed by atoms with Gasteiger partial charge in [0.2, 0.25) is 0 Å². The Morgan fingerprint density at radius 2 is 1.91 bits per heavy atom. The molecule has 0 radical (unpaired) electrons. The van der Waals surface area contributed by atoms with Crippen molar-refractivity contribution in [3.8, 4) is 23.1 Å². The van der Waals surface area contributed by atoms with Gasteiger partial charge in [0.05, 0.1) is 33.7 Å². The summed E-state index contributed by atoms with van der Waals surface area (Å²) in [7, 11) is 0. The van der Waals surface area contributed by atoms with Crippen molar-refractivity contribution in [2.45, 2.75) is 39.2 Å². The quantitative estimate of drug-likeness (QED) is 0.359. The maximum absolute atomic E-state index is 13.5. The Morgan fingerprint density at radius 1 is 1.15 bits per heavy atom. The van der Waals surface area contributed by atoms with Gasteiger partial charge in [0, 0.05) is 24.6 Å². The maximum Gasteiger partial charge on any atom is 0.280 e. The highest BCUT2D eigenvalue weighted by Gasteiger charge is 2.26. The molecule has 0 N–H and O–H groups in total. The lowest BCUT2D eigenvalue weighted by molar-refractivity contribution is 0.142. The van der Waals surface area contributed by atoms with Gasteiger partial charge in [0.1, 0.15) is 17.7 Å². The molecule has 1 aliphatic carbocycles. The van der Waals surface area contributed by atoms with Crippen LogP contribution in [0.3, 0.4) is 0 Å². The first-order valence-electron chi connectivity index (χ1n) is 10.8. The fraction of sp³-hybridized carbons (Fsp3) is 0.292. The summed E-state index contributed by atoms with van der Waals surface area (Å²) in [6.07, 6.45) is 1.32. The Kier molecular flexibility index (Phi) is 5.84. The first kappa shape index (κ1) is 22.2. The normalized spacial score (nSPS) is 13.4. The molecule has 0 aliphatic heterocycles. The van der Waals surface area contributed by atoms with E-state index in [1.54, 1.807) is 25.1 Å². The second-order valence-corrected chi connectivity index (χ2v) is 8.77. The summed E-state index contributed by atoms with van der Waals surface area (Å²) in [6, 6.07) is 12.2. The number of aromatic nitrogens is 6. The molecular weight excluding hydrogens is 460 g/mol. The van der Waals surface area contributed by atoms with Crippen LogP contribution in [0.5, 0.6) is 0 Å². The number of halogens is 3. The van der Waals surface area contributed by atoms with Crippen molar-refractivity contribution in [3.63, 3.8) is 0 Å². The summed E-state index contributed by atoms with van der Waals surface area (Å²) in [5.41, 5.74) is 3.68. The van der Waals surface area contributed by atoms with Crippen molar-refractivity contribution in [3.05, 3.63) is 76.1 Å². The number of nitrogens with zero attached hydrogens (tertiary/aromatic N) is 7. The third kappa shape index (κ3) is 4.41.